The van der Waals surface area contributed by atoms with Crippen LogP contribution in [0.25, 0.3) is 11.1 Å². The third-order valence-electron chi connectivity index (χ3n) is 5.11. The number of carbonyl (C=O) groups is 2. The molecular weight excluding hydrogens is 396 g/mol. The van der Waals surface area contributed by atoms with Gasteiger partial charge in [-0.2, -0.15) is 0 Å². The molecule has 1 fully saturated rings. The fourth-order valence-electron chi connectivity index (χ4n) is 3.61. The molecule has 0 radical (unpaired) electrons. The third kappa shape index (κ3) is 5.03. The van der Waals surface area contributed by atoms with Crippen molar-refractivity contribution in [2.24, 2.45) is 5.92 Å². The summed E-state index contributed by atoms with van der Waals surface area (Å²) in [7, 11) is 2.65. The number of alkyl carbamates (subject to hydrolysis) is 1. The van der Waals surface area contributed by atoms with E-state index in [1.54, 1.807) is 0 Å². The van der Waals surface area contributed by atoms with E-state index >= 15 is 0 Å². The molecule has 1 aromatic heterocycles. The molecule has 7 nitrogen and oxygen atoms in total. The first-order valence-electron chi connectivity index (χ1n) is 9.56. The summed E-state index contributed by atoms with van der Waals surface area (Å²) in [6.45, 7) is 0. The van der Waals surface area contributed by atoms with Gasteiger partial charge in [0.15, 0.2) is 0 Å². The van der Waals surface area contributed by atoms with Crippen molar-refractivity contribution in [3.05, 3.63) is 42.1 Å². The van der Waals surface area contributed by atoms with Crippen LogP contribution >= 0.6 is 0 Å². The van der Waals surface area contributed by atoms with Gasteiger partial charge in [-0.05, 0) is 37.5 Å². The Kier molecular flexibility index (Phi) is 6.81. The average molecular weight is 419 g/mol. The zero-order chi connectivity index (χ0) is 21.7. The maximum atomic E-state index is 14.4. The third-order valence-corrected chi connectivity index (χ3v) is 5.11. The quantitative estimate of drug-likeness (QED) is 0.768. The molecule has 0 spiro atoms. The summed E-state index contributed by atoms with van der Waals surface area (Å²) >= 11 is 0. The van der Waals surface area contributed by atoms with Crippen molar-refractivity contribution < 1.29 is 27.8 Å². The predicted octanol–water partition coefficient (Wildman–Crippen LogP) is 3.89. The molecule has 1 saturated carbocycles. The normalized spacial score (nSPS) is 18.4. The Balaban J connectivity index is 1.75. The number of benzene rings is 1. The molecular formula is C21H23F2N3O4. The Morgan fingerprint density at radius 1 is 1.13 bits per heavy atom. The lowest BCUT2D eigenvalue weighted by molar-refractivity contribution is -0.121. The summed E-state index contributed by atoms with van der Waals surface area (Å²) in [5.74, 6) is -1.38. The van der Waals surface area contributed by atoms with Crippen LogP contribution < -0.4 is 15.4 Å². The second-order valence-corrected chi connectivity index (χ2v) is 7.08. The molecule has 1 aliphatic rings. The number of aromatic nitrogens is 1. The molecule has 2 N–H and O–H groups in total. The highest BCUT2D eigenvalue weighted by Crippen LogP contribution is 2.33. The van der Waals surface area contributed by atoms with Gasteiger partial charge in [-0.15, -0.1) is 0 Å². The van der Waals surface area contributed by atoms with E-state index < -0.39 is 17.7 Å². The summed E-state index contributed by atoms with van der Waals surface area (Å²) in [5, 5.41) is 5.43. The lowest BCUT2D eigenvalue weighted by Crippen LogP contribution is -2.41. The van der Waals surface area contributed by atoms with Crippen LogP contribution in [0.3, 0.4) is 0 Å². The van der Waals surface area contributed by atoms with Gasteiger partial charge >= 0.3 is 6.09 Å². The van der Waals surface area contributed by atoms with Crippen LogP contribution in [0.2, 0.25) is 0 Å². The lowest BCUT2D eigenvalue weighted by Gasteiger charge is -2.28. The fraction of sp³-hybridized carbons (Fsp3) is 0.381. The standard InChI is InChI=1S/C21H23F2N3O4/c1-29-18-9-13(22)6-7-15(18)16-10-19(24-11-17(16)23)26-20(27)12-4-3-5-14(8-12)25-21(28)30-2/h6-7,9-12,14H,3-5,8H2,1-2H3,(H,25,28)(H,24,26,27)/t12-,14+/m0/s1. The second-order valence-electron chi connectivity index (χ2n) is 7.08. The highest BCUT2D eigenvalue weighted by molar-refractivity contribution is 5.92. The van der Waals surface area contributed by atoms with Gasteiger partial charge < -0.3 is 20.1 Å². The van der Waals surface area contributed by atoms with Gasteiger partial charge in [-0.1, -0.05) is 6.42 Å². The number of pyridine rings is 1. The zero-order valence-electron chi connectivity index (χ0n) is 16.7. The van der Waals surface area contributed by atoms with Crippen LogP contribution in [0.5, 0.6) is 5.75 Å². The van der Waals surface area contributed by atoms with Gasteiger partial charge in [-0.25, -0.2) is 18.6 Å². The summed E-state index contributed by atoms with van der Waals surface area (Å²) in [4.78, 5) is 28.1. The van der Waals surface area contributed by atoms with Gasteiger partial charge in [-0.3, -0.25) is 4.79 Å². The lowest BCUT2D eigenvalue weighted by atomic mass is 9.85. The van der Waals surface area contributed by atoms with Crippen molar-refractivity contribution in [1.82, 2.24) is 10.3 Å². The van der Waals surface area contributed by atoms with E-state index in [-0.39, 0.29) is 35.0 Å². The van der Waals surface area contributed by atoms with Gasteiger partial charge in [0.2, 0.25) is 5.91 Å². The number of amides is 2. The Bertz CT molecular complexity index is 938. The number of rotatable bonds is 5. The Hall–Kier alpha value is -3.23. The number of halogens is 2. The highest BCUT2D eigenvalue weighted by Gasteiger charge is 2.28. The van der Waals surface area contributed by atoms with Crippen molar-refractivity contribution in [3.63, 3.8) is 0 Å². The zero-order valence-corrected chi connectivity index (χ0v) is 16.7. The summed E-state index contributed by atoms with van der Waals surface area (Å²) in [6.07, 6.45) is 3.16. The number of hydrogen-bond donors (Lipinski definition) is 2. The maximum absolute atomic E-state index is 14.4. The minimum atomic E-state index is -0.627. The molecule has 0 aliphatic heterocycles. The largest absolute Gasteiger partial charge is 0.496 e. The molecule has 2 atom stereocenters. The molecule has 2 aromatic rings. The molecule has 2 amide bonds. The van der Waals surface area contributed by atoms with Gasteiger partial charge in [0.05, 0.1) is 20.4 Å². The van der Waals surface area contributed by atoms with Crippen LogP contribution in [0, 0.1) is 17.6 Å². The van der Waals surface area contributed by atoms with Crippen molar-refractivity contribution >= 4 is 17.8 Å². The molecule has 1 aromatic carbocycles. The van der Waals surface area contributed by atoms with E-state index in [2.05, 4.69) is 20.4 Å². The average Bonchev–Trinajstić information content (AvgIpc) is 2.75. The highest BCUT2D eigenvalue weighted by atomic mass is 19.1. The molecule has 0 unspecified atom stereocenters. The number of hydrogen-bond acceptors (Lipinski definition) is 5. The van der Waals surface area contributed by atoms with E-state index in [1.165, 1.54) is 32.4 Å². The molecule has 160 valence electrons. The molecule has 3 rings (SSSR count). The number of nitrogens with zero attached hydrogens (tertiary/aromatic N) is 1. The van der Waals surface area contributed by atoms with E-state index in [9.17, 15) is 18.4 Å². The van der Waals surface area contributed by atoms with Crippen molar-refractivity contribution in [2.75, 3.05) is 19.5 Å². The van der Waals surface area contributed by atoms with Crippen LogP contribution in [-0.4, -0.2) is 37.2 Å². The Morgan fingerprint density at radius 3 is 2.67 bits per heavy atom. The minimum absolute atomic E-state index is 0.131. The van der Waals surface area contributed by atoms with Gasteiger partial charge in [0.1, 0.15) is 23.2 Å². The Morgan fingerprint density at radius 2 is 1.93 bits per heavy atom. The molecule has 30 heavy (non-hydrogen) atoms. The van der Waals surface area contributed by atoms with Crippen LogP contribution in [0.15, 0.2) is 30.5 Å². The number of nitrogens with one attached hydrogen (secondary N) is 2. The van der Waals surface area contributed by atoms with Crippen molar-refractivity contribution in [2.45, 2.75) is 31.7 Å². The van der Waals surface area contributed by atoms with Gasteiger partial charge in [0.25, 0.3) is 0 Å². The van der Waals surface area contributed by atoms with Crippen LogP contribution in [0.4, 0.5) is 19.4 Å². The van der Waals surface area contributed by atoms with E-state index in [0.717, 1.165) is 25.1 Å². The predicted molar refractivity (Wildman–Crippen MR) is 106 cm³/mol. The molecule has 9 heteroatoms. The van der Waals surface area contributed by atoms with E-state index in [0.29, 0.717) is 18.4 Å². The first-order chi connectivity index (χ1) is 14.4. The fourth-order valence-corrected chi connectivity index (χ4v) is 3.61. The van der Waals surface area contributed by atoms with Crippen molar-refractivity contribution in [3.8, 4) is 16.9 Å². The minimum Gasteiger partial charge on any atom is -0.496 e. The number of carbonyl (C=O) groups excluding carboxylic acids is 2. The van der Waals surface area contributed by atoms with Crippen LogP contribution in [0.1, 0.15) is 25.7 Å². The first kappa shape index (κ1) is 21.5. The SMILES string of the molecule is COC(=O)N[C@@H]1CCC[C@H](C(=O)Nc2cc(-c3ccc(F)cc3OC)c(F)cn2)C1. The Labute approximate surface area is 172 Å². The van der Waals surface area contributed by atoms with Gasteiger partial charge in [0, 0.05) is 29.2 Å². The number of anilines is 1. The summed E-state index contributed by atoms with van der Waals surface area (Å²) in [5.41, 5.74) is 0.473. The molecule has 0 saturated heterocycles. The molecule has 1 heterocycles. The second kappa shape index (κ2) is 9.51. The maximum Gasteiger partial charge on any atom is 0.407 e. The monoisotopic (exact) mass is 419 g/mol. The summed E-state index contributed by atoms with van der Waals surface area (Å²) in [6, 6.07) is 5.00. The number of methoxy groups -OCH3 is 2. The molecule has 1 aliphatic carbocycles. The van der Waals surface area contributed by atoms with Crippen LogP contribution in [-0.2, 0) is 9.53 Å². The van der Waals surface area contributed by atoms with E-state index in [4.69, 9.17) is 4.74 Å². The topological polar surface area (TPSA) is 89.5 Å². The number of ether oxygens (including phenoxy) is 2. The first-order valence-corrected chi connectivity index (χ1v) is 9.56. The van der Waals surface area contributed by atoms with Crippen molar-refractivity contribution in [1.29, 1.82) is 0 Å². The van der Waals surface area contributed by atoms with E-state index in [1.807, 2.05) is 0 Å². The smallest absolute Gasteiger partial charge is 0.407 e. The molecule has 0 bridgehead atoms. The summed E-state index contributed by atoms with van der Waals surface area (Å²) < 4.78 is 37.6.